The van der Waals surface area contributed by atoms with Crippen molar-refractivity contribution in [2.24, 2.45) is 0 Å². The van der Waals surface area contributed by atoms with Gasteiger partial charge in [0.2, 0.25) is 0 Å². The summed E-state index contributed by atoms with van der Waals surface area (Å²) >= 11 is 0. The molecule has 0 aliphatic carbocycles. The molecule has 0 saturated heterocycles. The third-order valence-corrected chi connectivity index (χ3v) is 3.40. The second-order valence-electron chi connectivity index (χ2n) is 4.68. The van der Waals surface area contributed by atoms with Crippen LogP contribution in [0.4, 0.5) is 17.3 Å². The van der Waals surface area contributed by atoms with Crippen LogP contribution >= 0.6 is 0 Å². The Bertz CT molecular complexity index is 568. The van der Waals surface area contributed by atoms with E-state index < -0.39 is 0 Å². The fraction of sp³-hybridized carbons (Fsp3) is 0.333. The molecule has 98 valence electrons. The van der Waals surface area contributed by atoms with Crippen molar-refractivity contribution in [3.8, 4) is 0 Å². The lowest BCUT2D eigenvalue weighted by molar-refractivity contribution is 0.758. The van der Waals surface area contributed by atoms with Crippen molar-refractivity contribution in [1.82, 2.24) is 9.97 Å². The van der Waals surface area contributed by atoms with E-state index in [1.54, 1.807) is 6.33 Å². The zero-order valence-corrected chi connectivity index (χ0v) is 11.1. The third-order valence-electron chi connectivity index (χ3n) is 3.40. The van der Waals surface area contributed by atoms with E-state index in [0.29, 0.717) is 0 Å². The van der Waals surface area contributed by atoms with Crippen molar-refractivity contribution < 1.29 is 0 Å². The second kappa shape index (κ2) is 5.26. The van der Waals surface area contributed by atoms with Gasteiger partial charge in [0.1, 0.15) is 18.0 Å². The molecular weight excluding hydrogens is 236 g/mol. The van der Waals surface area contributed by atoms with E-state index in [0.717, 1.165) is 37.6 Å². The number of benzene rings is 1. The summed E-state index contributed by atoms with van der Waals surface area (Å²) in [6, 6.07) is 10.6. The summed E-state index contributed by atoms with van der Waals surface area (Å²) in [6.45, 7) is 3.95. The summed E-state index contributed by atoms with van der Waals surface area (Å²) in [4.78, 5) is 10.9. The smallest absolute Gasteiger partial charge is 0.138 e. The number of hydrogen-bond donors (Lipinski definition) is 1. The van der Waals surface area contributed by atoms with Crippen molar-refractivity contribution >= 4 is 17.3 Å². The van der Waals surface area contributed by atoms with Crippen LogP contribution in [0.15, 0.2) is 36.7 Å². The Balaban J connectivity index is 1.97. The minimum Gasteiger partial charge on any atom is -0.370 e. The highest BCUT2D eigenvalue weighted by Crippen LogP contribution is 2.32. The zero-order chi connectivity index (χ0) is 13.1. The van der Waals surface area contributed by atoms with Crippen LogP contribution in [0.25, 0.3) is 0 Å². The Kier molecular flexibility index (Phi) is 3.31. The number of aromatic nitrogens is 2. The van der Waals surface area contributed by atoms with Crippen molar-refractivity contribution in [3.05, 3.63) is 42.2 Å². The third kappa shape index (κ3) is 2.38. The largest absolute Gasteiger partial charge is 0.370 e. The Hall–Kier alpha value is -2.10. The molecule has 3 rings (SSSR count). The molecule has 1 N–H and O–H groups in total. The summed E-state index contributed by atoms with van der Waals surface area (Å²) < 4.78 is 0. The number of anilines is 3. The van der Waals surface area contributed by atoms with Crippen molar-refractivity contribution in [1.29, 1.82) is 0 Å². The first-order valence-corrected chi connectivity index (χ1v) is 6.80. The van der Waals surface area contributed by atoms with Gasteiger partial charge < -0.3 is 10.2 Å². The van der Waals surface area contributed by atoms with E-state index in [-0.39, 0.29) is 0 Å². The molecule has 1 aromatic heterocycles. The molecule has 1 aromatic carbocycles. The van der Waals surface area contributed by atoms with E-state index >= 15 is 0 Å². The molecule has 0 bridgehead atoms. The van der Waals surface area contributed by atoms with Crippen LogP contribution in [-0.2, 0) is 6.42 Å². The number of rotatable bonds is 3. The van der Waals surface area contributed by atoms with Gasteiger partial charge in [0.05, 0.1) is 0 Å². The fourth-order valence-electron chi connectivity index (χ4n) is 2.54. The topological polar surface area (TPSA) is 41.0 Å². The van der Waals surface area contributed by atoms with Gasteiger partial charge in [-0.15, -0.1) is 0 Å². The van der Waals surface area contributed by atoms with E-state index in [9.17, 15) is 0 Å². The van der Waals surface area contributed by atoms with Gasteiger partial charge in [-0.25, -0.2) is 9.97 Å². The first kappa shape index (κ1) is 12.0. The number of fused-ring (bicyclic) bond motifs is 1. The molecule has 0 amide bonds. The Morgan fingerprint density at radius 1 is 1.26 bits per heavy atom. The molecule has 0 unspecified atom stereocenters. The van der Waals surface area contributed by atoms with Gasteiger partial charge in [0.15, 0.2) is 0 Å². The average molecular weight is 254 g/mol. The van der Waals surface area contributed by atoms with Crippen LogP contribution in [0.2, 0.25) is 0 Å². The van der Waals surface area contributed by atoms with Crippen molar-refractivity contribution in [2.75, 3.05) is 23.3 Å². The standard InChI is InChI=1S/C15H18N4/c1-2-16-14-10-15(18-11-17-14)19-9-5-7-12-6-3-4-8-13(12)19/h3-4,6,8,10-11H,2,5,7,9H2,1H3,(H,16,17,18). The van der Waals surface area contributed by atoms with Gasteiger partial charge in [-0.1, -0.05) is 18.2 Å². The van der Waals surface area contributed by atoms with E-state index in [2.05, 4.69) is 51.4 Å². The summed E-state index contributed by atoms with van der Waals surface area (Å²) in [5.74, 6) is 1.86. The van der Waals surface area contributed by atoms with Crippen LogP contribution in [0, 0.1) is 0 Å². The van der Waals surface area contributed by atoms with Crippen LogP contribution < -0.4 is 10.2 Å². The van der Waals surface area contributed by atoms with Crippen LogP contribution in [-0.4, -0.2) is 23.1 Å². The van der Waals surface area contributed by atoms with Gasteiger partial charge in [-0.2, -0.15) is 0 Å². The molecule has 0 radical (unpaired) electrons. The van der Waals surface area contributed by atoms with Gasteiger partial charge in [-0.3, -0.25) is 0 Å². The van der Waals surface area contributed by atoms with E-state index in [1.807, 2.05) is 6.07 Å². The van der Waals surface area contributed by atoms with Crippen LogP contribution in [0.3, 0.4) is 0 Å². The quantitative estimate of drug-likeness (QED) is 0.914. The molecule has 19 heavy (non-hydrogen) atoms. The van der Waals surface area contributed by atoms with Crippen molar-refractivity contribution in [3.63, 3.8) is 0 Å². The minimum atomic E-state index is 0.868. The number of nitrogens with one attached hydrogen (secondary N) is 1. The van der Waals surface area contributed by atoms with Crippen molar-refractivity contribution in [2.45, 2.75) is 19.8 Å². The molecule has 0 saturated carbocycles. The summed E-state index contributed by atoms with van der Waals surface area (Å²) in [7, 11) is 0. The van der Waals surface area contributed by atoms with E-state index in [4.69, 9.17) is 0 Å². The molecule has 0 spiro atoms. The van der Waals surface area contributed by atoms with Gasteiger partial charge in [0.25, 0.3) is 0 Å². The molecule has 4 heteroatoms. The molecule has 0 atom stereocenters. The van der Waals surface area contributed by atoms with Gasteiger partial charge in [0, 0.05) is 24.8 Å². The number of nitrogens with zero attached hydrogens (tertiary/aromatic N) is 3. The Morgan fingerprint density at radius 2 is 2.16 bits per heavy atom. The Morgan fingerprint density at radius 3 is 3.05 bits per heavy atom. The average Bonchev–Trinajstić information content (AvgIpc) is 2.47. The number of para-hydroxylation sites is 1. The molecule has 2 aromatic rings. The molecule has 1 aliphatic heterocycles. The Labute approximate surface area is 113 Å². The zero-order valence-electron chi connectivity index (χ0n) is 11.1. The molecular formula is C15H18N4. The molecule has 2 heterocycles. The lowest BCUT2D eigenvalue weighted by Gasteiger charge is -2.30. The monoisotopic (exact) mass is 254 g/mol. The van der Waals surface area contributed by atoms with Gasteiger partial charge >= 0.3 is 0 Å². The fourth-order valence-corrected chi connectivity index (χ4v) is 2.54. The summed E-state index contributed by atoms with van der Waals surface area (Å²) in [6.07, 6.45) is 3.94. The van der Waals surface area contributed by atoms with Gasteiger partial charge in [-0.05, 0) is 31.4 Å². The SMILES string of the molecule is CCNc1cc(N2CCCc3ccccc32)ncn1. The first-order chi connectivity index (χ1) is 9.38. The predicted molar refractivity (Wildman–Crippen MR) is 78.0 cm³/mol. The molecule has 0 fully saturated rings. The maximum absolute atomic E-state index is 4.42. The summed E-state index contributed by atoms with van der Waals surface area (Å²) in [5, 5.41) is 3.23. The highest BCUT2D eigenvalue weighted by atomic mass is 15.2. The van der Waals surface area contributed by atoms with Crippen LogP contribution in [0.5, 0.6) is 0 Å². The van der Waals surface area contributed by atoms with Crippen LogP contribution in [0.1, 0.15) is 18.9 Å². The highest BCUT2D eigenvalue weighted by Gasteiger charge is 2.18. The number of aryl methyl sites for hydroxylation is 1. The minimum absolute atomic E-state index is 0.868. The molecule has 4 nitrogen and oxygen atoms in total. The lowest BCUT2D eigenvalue weighted by Crippen LogP contribution is -2.25. The lowest BCUT2D eigenvalue weighted by atomic mass is 10.0. The second-order valence-corrected chi connectivity index (χ2v) is 4.68. The number of hydrogen-bond acceptors (Lipinski definition) is 4. The predicted octanol–water partition coefficient (Wildman–Crippen LogP) is 2.99. The normalized spacial score (nSPS) is 14.1. The maximum atomic E-state index is 4.42. The van der Waals surface area contributed by atoms with E-state index in [1.165, 1.54) is 11.3 Å². The highest BCUT2D eigenvalue weighted by molar-refractivity contribution is 5.66. The summed E-state index contributed by atoms with van der Waals surface area (Å²) in [5.41, 5.74) is 2.67. The maximum Gasteiger partial charge on any atom is 0.138 e. The first-order valence-electron chi connectivity index (χ1n) is 6.80. The molecule has 1 aliphatic rings.